The van der Waals surface area contributed by atoms with Crippen LogP contribution >= 0.6 is 22.6 Å². The number of nitro groups is 1. The number of pyridine rings is 1. The molecule has 5 nitrogen and oxygen atoms in total. The molecule has 0 bridgehead atoms. The van der Waals surface area contributed by atoms with Gasteiger partial charge in [-0.2, -0.15) is 0 Å². The summed E-state index contributed by atoms with van der Waals surface area (Å²) in [6.45, 7) is -0.692. The summed E-state index contributed by atoms with van der Waals surface area (Å²) in [5.74, 6) is 0. The summed E-state index contributed by atoms with van der Waals surface area (Å²) in [5, 5.41) is 19.4. The predicted octanol–water partition coefficient (Wildman–Crippen LogP) is 2.02. The topological polar surface area (TPSA) is 76.3 Å². The maximum absolute atomic E-state index is 12.4. The van der Waals surface area contributed by atoms with Crippen molar-refractivity contribution in [2.24, 2.45) is 0 Å². The lowest BCUT2D eigenvalue weighted by molar-refractivity contribution is -0.387. The lowest BCUT2D eigenvalue weighted by atomic mass is 10.1. The van der Waals surface area contributed by atoms with E-state index in [0.717, 1.165) is 6.20 Å². The Morgan fingerprint density at radius 2 is 2.27 bits per heavy atom. The number of aromatic nitrogens is 1. The predicted molar refractivity (Wildman–Crippen MR) is 54.5 cm³/mol. The summed E-state index contributed by atoms with van der Waals surface area (Å²) >= 11 is 1.64. The molecule has 1 aromatic rings. The fourth-order valence-electron chi connectivity index (χ4n) is 1.05. The normalized spacial score (nSPS) is 10.7. The minimum Gasteiger partial charge on any atom is -0.391 e. The monoisotopic (exact) mass is 330 g/mol. The first-order valence-electron chi connectivity index (χ1n) is 3.69. The average molecular weight is 330 g/mol. The zero-order valence-corrected chi connectivity index (χ0v) is 9.31. The van der Waals surface area contributed by atoms with Gasteiger partial charge in [0, 0.05) is 6.20 Å². The van der Waals surface area contributed by atoms with Crippen LogP contribution in [-0.2, 0) is 6.61 Å². The lowest BCUT2D eigenvalue weighted by Gasteiger charge is -2.06. The molecule has 0 atom stereocenters. The van der Waals surface area contributed by atoms with Gasteiger partial charge in [0.15, 0.2) is 0 Å². The molecule has 1 rings (SSSR count). The summed E-state index contributed by atoms with van der Waals surface area (Å²) in [6.07, 6.45) is -2.23. The van der Waals surface area contributed by atoms with E-state index in [4.69, 9.17) is 5.11 Å². The number of aliphatic hydroxyl groups excluding tert-OH is 1. The van der Waals surface area contributed by atoms with Crippen LogP contribution in [0.25, 0.3) is 0 Å². The van der Waals surface area contributed by atoms with Gasteiger partial charge in [0.1, 0.15) is 9.26 Å². The van der Waals surface area contributed by atoms with Crippen molar-refractivity contribution in [3.8, 4) is 0 Å². The molecule has 1 N–H and O–H groups in total. The van der Waals surface area contributed by atoms with E-state index in [-0.39, 0.29) is 9.26 Å². The smallest absolute Gasteiger partial charge is 0.288 e. The van der Waals surface area contributed by atoms with E-state index in [1.807, 2.05) is 0 Å². The van der Waals surface area contributed by atoms with Gasteiger partial charge in [0.05, 0.1) is 17.1 Å². The summed E-state index contributed by atoms with van der Waals surface area (Å²) in [5.41, 5.74) is -1.71. The molecule has 82 valence electrons. The number of hydrogen-bond donors (Lipinski definition) is 1. The highest BCUT2D eigenvalue weighted by Crippen LogP contribution is 2.33. The van der Waals surface area contributed by atoms with Crippen LogP contribution in [0.5, 0.6) is 0 Å². The van der Waals surface area contributed by atoms with E-state index in [0.29, 0.717) is 0 Å². The Bertz CT molecular complexity index is 400. The Kier molecular flexibility index (Phi) is 3.85. The first kappa shape index (κ1) is 12.2. The Balaban J connectivity index is 3.49. The molecule has 0 saturated heterocycles. The van der Waals surface area contributed by atoms with Crippen molar-refractivity contribution < 1.29 is 18.8 Å². The van der Waals surface area contributed by atoms with E-state index < -0.39 is 29.2 Å². The molecule has 0 radical (unpaired) electrons. The Hall–Kier alpha value is -0.900. The fraction of sp³-hybridized carbons (Fsp3) is 0.286. The summed E-state index contributed by atoms with van der Waals surface area (Å²) in [4.78, 5) is 13.2. The van der Waals surface area contributed by atoms with Gasteiger partial charge < -0.3 is 5.11 Å². The van der Waals surface area contributed by atoms with E-state index in [1.54, 1.807) is 22.6 Å². The van der Waals surface area contributed by atoms with E-state index in [1.165, 1.54) is 0 Å². The Morgan fingerprint density at radius 1 is 1.67 bits per heavy atom. The molecule has 0 aromatic carbocycles. The molecule has 0 aliphatic heterocycles. The van der Waals surface area contributed by atoms with Crippen LogP contribution in [0.3, 0.4) is 0 Å². The Labute approximate surface area is 96.4 Å². The number of hydrogen-bond acceptors (Lipinski definition) is 4. The fourth-order valence-corrected chi connectivity index (χ4v) is 1.62. The van der Waals surface area contributed by atoms with Crippen molar-refractivity contribution in [1.29, 1.82) is 0 Å². The van der Waals surface area contributed by atoms with Crippen LogP contribution in [0.1, 0.15) is 17.6 Å². The number of rotatable bonds is 3. The van der Waals surface area contributed by atoms with Gasteiger partial charge in [-0.05, 0) is 22.6 Å². The number of nitrogens with zero attached hydrogens (tertiary/aromatic N) is 2. The molecule has 0 fully saturated rings. The molecular weight excluding hydrogens is 325 g/mol. The quantitative estimate of drug-likeness (QED) is 0.398. The highest BCUT2D eigenvalue weighted by atomic mass is 127. The second-order valence-electron chi connectivity index (χ2n) is 2.55. The molecule has 0 spiro atoms. The maximum Gasteiger partial charge on any atom is 0.288 e. The van der Waals surface area contributed by atoms with E-state index in [9.17, 15) is 18.9 Å². The van der Waals surface area contributed by atoms with Crippen molar-refractivity contribution in [2.45, 2.75) is 13.0 Å². The van der Waals surface area contributed by atoms with Gasteiger partial charge in [0.2, 0.25) is 0 Å². The standard InChI is InChI=1S/C7H5F2IN2O3/c8-6(9)3-1-11-7(10)4(2-13)5(3)12(14)15/h1,6,13H,2H2. The van der Waals surface area contributed by atoms with Gasteiger partial charge in [-0.1, -0.05) is 0 Å². The molecule has 8 heteroatoms. The lowest BCUT2D eigenvalue weighted by Crippen LogP contribution is -2.05. The summed E-state index contributed by atoms with van der Waals surface area (Å²) < 4.78 is 25.0. The zero-order chi connectivity index (χ0) is 11.6. The maximum atomic E-state index is 12.4. The molecule has 1 heterocycles. The first-order valence-corrected chi connectivity index (χ1v) is 4.77. The molecule has 15 heavy (non-hydrogen) atoms. The third-order valence-corrected chi connectivity index (χ3v) is 2.63. The second kappa shape index (κ2) is 4.75. The van der Waals surface area contributed by atoms with Crippen molar-refractivity contribution in [2.75, 3.05) is 0 Å². The van der Waals surface area contributed by atoms with Gasteiger partial charge >= 0.3 is 0 Å². The van der Waals surface area contributed by atoms with Crippen molar-refractivity contribution >= 4 is 28.3 Å². The molecule has 1 aromatic heterocycles. The van der Waals surface area contributed by atoms with Crippen LogP contribution in [0.15, 0.2) is 6.20 Å². The molecule has 0 saturated carbocycles. The van der Waals surface area contributed by atoms with Crippen LogP contribution in [0.4, 0.5) is 14.5 Å². The highest BCUT2D eigenvalue weighted by Gasteiger charge is 2.27. The van der Waals surface area contributed by atoms with Crippen molar-refractivity contribution in [3.63, 3.8) is 0 Å². The highest BCUT2D eigenvalue weighted by molar-refractivity contribution is 14.1. The van der Waals surface area contributed by atoms with Crippen LogP contribution in [-0.4, -0.2) is 15.0 Å². The largest absolute Gasteiger partial charge is 0.391 e. The second-order valence-corrected chi connectivity index (χ2v) is 3.57. The molecular formula is C7H5F2IN2O3. The summed E-state index contributed by atoms with van der Waals surface area (Å²) in [6, 6.07) is 0. The Morgan fingerprint density at radius 3 is 2.67 bits per heavy atom. The summed E-state index contributed by atoms with van der Waals surface area (Å²) in [7, 11) is 0. The molecule has 0 aliphatic rings. The zero-order valence-electron chi connectivity index (χ0n) is 7.15. The van der Waals surface area contributed by atoms with E-state index >= 15 is 0 Å². The number of halogens is 3. The van der Waals surface area contributed by atoms with Gasteiger partial charge in [-0.3, -0.25) is 10.1 Å². The van der Waals surface area contributed by atoms with Crippen LogP contribution < -0.4 is 0 Å². The number of alkyl halides is 2. The SMILES string of the molecule is O=[N+]([O-])c1c(C(F)F)cnc(I)c1CO. The van der Waals surface area contributed by atoms with Gasteiger partial charge in [-0.25, -0.2) is 13.8 Å². The minimum absolute atomic E-state index is 0.145. The van der Waals surface area contributed by atoms with Crippen LogP contribution in [0, 0.1) is 13.8 Å². The van der Waals surface area contributed by atoms with Crippen molar-refractivity contribution in [3.05, 3.63) is 31.1 Å². The average Bonchev–Trinajstić information content (AvgIpc) is 2.16. The van der Waals surface area contributed by atoms with Crippen LogP contribution in [0.2, 0.25) is 0 Å². The molecule has 0 unspecified atom stereocenters. The van der Waals surface area contributed by atoms with Gasteiger partial charge in [-0.15, -0.1) is 0 Å². The molecule has 0 aliphatic carbocycles. The third-order valence-electron chi connectivity index (χ3n) is 1.70. The number of aliphatic hydroxyl groups is 1. The first-order chi connectivity index (χ1) is 6.99. The molecule has 0 amide bonds. The van der Waals surface area contributed by atoms with E-state index in [2.05, 4.69) is 4.98 Å². The third kappa shape index (κ3) is 2.37. The minimum atomic E-state index is -2.99. The van der Waals surface area contributed by atoms with Gasteiger partial charge in [0.25, 0.3) is 12.1 Å². The van der Waals surface area contributed by atoms with Crippen molar-refractivity contribution in [1.82, 2.24) is 4.98 Å².